The molecule has 3 nitrogen and oxygen atoms in total. The number of fused-ring (bicyclic) bond motifs is 1. The third-order valence-corrected chi connectivity index (χ3v) is 4.61. The van der Waals surface area contributed by atoms with Gasteiger partial charge in [-0.05, 0) is 36.8 Å². The lowest BCUT2D eigenvalue weighted by molar-refractivity contribution is 0.284. The summed E-state index contributed by atoms with van der Waals surface area (Å²) < 4.78 is 34.2. The molecule has 0 amide bonds. The SMILES string of the molecule is CCCc1cc2c(Cl)c(C#N)ccc2n1CCOc1ccc(F)cc1F. The largest absolute Gasteiger partial charge is 0.489 e. The minimum absolute atomic E-state index is 0.0182. The Hall–Kier alpha value is -2.58. The molecule has 1 aromatic heterocycles. The summed E-state index contributed by atoms with van der Waals surface area (Å²) in [6.45, 7) is 2.78. The predicted molar refractivity (Wildman–Crippen MR) is 97.5 cm³/mol. The van der Waals surface area contributed by atoms with Crippen molar-refractivity contribution >= 4 is 22.5 Å². The lowest BCUT2D eigenvalue weighted by Gasteiger charge is -2.12. The van der Waals surface area contributed by atoms with Gasteiger partial charge >= 0.3 is 0 Å². The Morgan fingerprint density at radius 2 is 2.00 bits per heavy atom. The molecule has 0 aliphatic carbocycles. The van der Waals surface area contributed by atoms with Gasteiger partial charge in [0, 0.05) is 22.7 Å². The summed E-state index contributed by atoms with van der Waals surface area (Å²) in [5, 5.41) is 10.4. The van der Waals surface area contributed by atoms with Gasteiger partial charge in [-0.2, -0.15) is 5.26 Å². The molecule has 0 fully saturated rings. The van der Waals surface area contributed by atoms with E-state index < -0.39 is 11.6 Å². The van der Waals surface area contributed by atoms with Crippen molar-refractivity contribution in [1.29, 1.82) is 5.26 Å². The van der Waals surface area contributed by atoms with Gasteiger partial charge in [-0.25, -0.2) is 8.78 Å². The van der Waals surface area contributed by atoms with Crippen LogP contribution >= 0.6 is 11.6 Å². The van der Waals surface area contributed by atoms with Crippen molar-refractivity contribution in [1.82, 2.24) is 4.57 Å². The smallest absolute Gasteiger partial charge is 0.167 e. The number of hydrogen-bond acceptors (Lipinski definition) is 2. The second kappa shape index (κ2) is 7.76. The quantitative estimate of drug-likeness (QED) is 0.573. The van der Waals surface area contributed by atoms with Gasteiger partial charge in [-0.15, -0.1) is 0 Å². The Kier molecular flexibility index (Phi) is 5.43. The number of aryl methyl sites for hydroxylation is 1. The molecule has 0 radical (unpaired) electrons. The fraction of sp³-hybridized carbons (Fsp3) is 0.250. The highest BCUT2D eigenvalue weighted by molar-refractivity contribution is 6.36. The lowest BCUT2D eigenvalue weighted by atomic mass is 10.1. The number of rotatable bonds is 6. The summed E-state index contributed by atoms with van der Waals surface area (Å²) in [5.74, 6) is -1.35. The van der Waals surface area contributed by atoms with E-state index in [1.807, 2.05) is 12.1 Å². The van der Waals surface area contributed by atoms with E-state index in [1.54, 1.807) is 6.07 Å². The fourth-order valence-electron chi connectivity index (χ4n) is 3.01. The summed E-state index contributed by atoms with van der Waals surface area (Å²) in [6, 6.07) is 10.9. The summed E-state index contributed by atoms with van der Waals surface area (Å²) >= 11 is 6.34. The second-order valence-electron chi connectivity index (χ2n) is 5.93. The van der Waals surface area contributed by atoms with Crippen LogP contribution in [0.15, 0.2) is 36.4 Å². The first-order valence-electron chi connectivity index (χ1n) is 8.33. The van der Waals surface area contributed by atoms with Gasteiger partial charge in [0.1, 0.15) is 18.5 Å². The molecule has 0 N–H and O–H groups in total. The molecule has 26 heavy (non-hydrogen) atoms. The number of benzene rings is 2. The van der Waals surface area contributed by atoms with Gasteiger partial charge in [0.15, 0.2) is 11.6 Å². The zero-order valence-corrected chi connectivity index (χ0v) is 15.0. The topological polar surface area (TPSA) is 38.0 Å². The van der Waals surface area contributed by atoms with Crippen LogP contribution in [-0.2, 0) is 13.0 Å². The number of nitrogens with zero attached hydrogens (tertiary/aromatic N) is 2. The summed E-state index contributed by atoms with van der Waals surface area (Å²) in [5.41, 5.74) is 2.41. The molecule has 2 aromatic carbocycles. The molecule has 0 aliphatic rings. The highest BCUT2D eigenvalue weighted by Crippen LogP contribution is 2.30. The number of hydrogen-bond donors (Lipinski definition) is 0. The van der Waals surface area contributed by atoms with Crippen LogP contribution in [0.5, 0.6) is 5.75 Å². The molecule has 0 atom stereocenters. The average Bonchev–Trinajstić information content (AvgIpc) is 2.96. The van der Waals surface area contributed by atoms with Gasteiger partial charge in [0.2, 0.25) is 0 Å². The average molecular weight is 375 g/mol. The molecular formula is C20H17ClF2N2O. The Labute approximate surface area is 155 Å². The van der Waals surface area contributed by atoms with E-state index in [4.69, 9.17) is 21.6 Å². The summed E-state index contributed by atoms with van der Waals surface area (Å²) in [7, 11) is 0. The zero-order valence-electron chi connectivity index (χ0n) is 14.2. The van der Waals surface area contributed by atoms with Crippen LogP contribution in [0, 0.1) is 23.0 Å². The van der Waals surface area contributed by atoms with Gasteiger partial charge in [-0.3, -0.25) is 0 Å². The molecular weight excluding hydrogens is 358 g/mol. The van der Waals surface area contributed by atoms with Gasteiger partial charge in [0.05, 0.1) is 17.1 Å². The highest BCUT2D eigenvalue weighted by atomic mass is 35.5. The summed E-state index contributed by atoms with van der Waals surface area (Å²) in [6.07, 6.45) is 1.80. The van der Waals surface area contributed by atoms with Crippen molar-refractivity contribution in [2.75, 3.05) is 6.61 Å². The zero-order chi connectivity index (χ0) is 18.7. The maximum atomic E-state index is 13.7. The van der Waals surface area contributed by atoms with E-state index in [1.165, 1.54) is 6.07 Å². The van der Waals surface area contributed by atoms with E-state index in [-0.39, 0.29) is 12.4 Å². The first kappa shape index (κ1) is 18.2. The van der Waals surface area contributed by atoms with Gasteiger partial charge < -0.3 is 9.30 Å². The molecule has 6 heteroatoms. The first-order chi connectivity index (χ1) is 12.5. The van der Waals surface area contributed by atoms with E-state index >= 15 is 0 Å². The molecule has 134 valence electrons. The van der Waals surface area contributed by atoms with Crippen LogP contribution in [0.25, 0.3) is 10.9 Å². The standard InChI is InChI=1S/C20H17ClF2N2O/c1-2-3-15-11-16-18(6-4-13(12-24)20(16)21)25(15)8-9-26-19-7-5-14(22)10-17(19)23/h4-7,10-11H,2-3,8-9H2,1H3. The molecule has 0 spiro atoms. The van der Waals surface area contributed by atoms with Crippen molar-refractivity contribution in [2.45, 2.75) is 26.3 Å². The minimum Gasteiger partial charge on any atom is -0.489 e. The first-order valence-corrected chi connectivity index (χ1v) is 8.71. The van der Waals surface area contributed by atoms with E-state index in [9.17, 15) is 8.78 Å². The van der Waals surface area contributed by atoms with Crippen molar-refractivity contribution in [3.63, 3.8) is 0 Å². The van der Waals surface area contributed by atoms with E-state index in [0.717, 1.165) is 41.6 Å². The lowest BCUT2D eigenvalue weighted by Crippen LogP contribution is -2.11. The normalized spacial score (nSPS) is 10.9. The van der Waals surface area contributed by atoms with Crippen LogP contribution in [0.4, 0.5) is 8.78 Å². The Morgan fingerprint density at radius 3 is 2.69 bits per heavy atom. The van der Waals surface area contributed by atoms with Crippen LogP contribution in [-0.4, -0.2) is 11.2 Å². The second-order valence-corrected chi connectivity index (χ2v) is 6.31. The number of aromatic nitrogens is 1. The molecule has 0 saturated heterocycles. The molecule has 3 rings (SSSR count). The Morgan fingerprint density at radius 1 is 1.19 bits per heavy atom. The molecule has 1 heterocycles. The van der Waals surface area contributed by atoms with Crippen molar-refractivity contribution in [3.05, 3.63) is 64.3 Å². The Bertz CT molecular complexity index is 992. The maximum absolute atomic E-state index is 13.7. The summed E-state index contributed by atoms with van der Waals surface area (Å²) in [4.78, 5) is 0. The van der Waals surface area contributed by atoms with Crippen LogP contribution in [0.2, 0.25) is 5.02 Å². The molecule has 3 aromatic rings. The monoisotopic (exact) mass is 374 g/mol. The van der Waals surface area contributed by atoms with Crippen molar-refractivity contribution < 1.29 is 13.5 Å². The highest BCUT2D eigenvalue weighted by Gasteiger charge is 2.14. The third-order valence-electron chi connectivity index (χ3n) is 4.20. The fourth-order valence-corrected chi connectivity index (χ4v) is 3.26. The van der Waals surface area contributed by atoms with E-state index in [2.05, 4.69) is 17.6 Å². The maximum Gasteiger partial charge on any atom is 0.167 e. The molecule has 0 unspecified atom stereocenters. The molecule has 0 bridgehead atoms. The van der Waals surface area contributed by atoms with Crippen LogP contribution < -0.4 is 4.74 Å². The number of ether oxygens (including phenoxy) is 1. The molecule has 0 saturated carbocycles. The third kappa shape index (κ3) is 3.51. The number of nitriles is 1. The van der Waals surface area contributed by atoms with Crippen LogP contribution in [0.3, 0.4) is 0 Å². The van der Waals surface area contributed by atoms with Crippen molar-refractivity contribution in [3.8, 4) is 11.8 Å². The Balaban J connectivity index is 1.87. The number of halogens is 3. The van der Waals surface area contributed by atoms with E-state index in [0.29, 0.717) is 17.1 Å². The predicted octanol–water partition coefficient (Wildman–Crippen LogP) is 5.48. The minimum atomic E-state index is -0.724. The molecule has 0 aliphatic heterocycles. The van der Waals surface area contributed by atoms with Gasteiger partial charge in [0.25, 0.3) is 0 Å². The van der Waals surface area contributed by atoms with Crippen LogP contribution in [0.1, 0.15) is 24.6 Å². The van der Waals surface area contributed by atoms with Crippen molar-refractivity contribution in [2.24, 2.45) is 0 Å². The van der Waals surface area contributed by atoms with Gasteiger partial charge in [-0.1, -0.05) is 24.9 Å².